The van der Waals surface area contributed by atoms with Crippen molar-refractivity contribution in [3.63, 3.8) is 0 Å². The van der Waals surface area contributed by atoms with Gasteiger partial charge < -0.3 is 19.5 Å². The predicted molar refractivity (Wildman–Crippen MR) is 103 cm³/mol. The monoisotopic (exact) mass is 379 g/mol. The van der Waals surface area contributed by atoms with E-state index in [2.05, 4.69) is 15.3 Å². The Bertz CT molecular complexity index is 980. The third kappa shape index (κ3) is 3.86. The molecule has 1 fully saturated rings. The second-order valence-electron chi connectivity index (χ2n) is 6.52. The van der Waals surface area contributed by atoms with Crippen LogP contribution < -0.4 is 5.32 Å². The van der Waals surface area contributed by atoms with E-state index in [1.54, 1.807) is 23.2 Å². The van der Waals surface area contributed by atoms with Gasteiger partial charge in [-0.3, -0.25) is 14.6 Å². The molecule has 3 heterocycles. The van der Waals surface area contributed by atoms with Gasteiger partial charge in [0.1, 0.15) is 12.4 Å². The maximum atomic E-state index is 12.7. The van der Waals surface area contributed by atoms with Crippen molar-refractivity contribution >= 4 is 22.8 Å². The highest BCUT2D eigenvalue weighted by Gasteiger charge is 2.20. The van der Waals surface area contributed by atoms with Crippen molar-refractivity contribution in [2.45, 2.75) is 13.1 Å². The van der Waals surface area contributed by atoms with Crippen LogP contribution in [0.5, 0.6) is 0 Å². The second-order valence-corrected chi connectivity index (χ2v) is 6.52. The van der Waals surface area contributed by atoms with E-state index < -0.39 is 0 Å². The molecule has 0 unspecified atom stereocenters. The molecule has 1 aliphatic heterocycles. The minimum atomic E-state index is -0.230. The van der Waals surface area contributed by atoms with Crippen molar-refractivity contribution in [1.29, 1.82) is 0 Å². The maximum absolute atomic E-state index is 12.7. The molecule has 0 aliphatic carbocycles. The Kier molecular flexibility index (Phi) is 5.29. The number of pyridine rings is 1. The predicted octanol–water partition coefficient (Wildman–Crippen LogP) is 1.22. The van der Waals surface area contributed by atoms with Crippen molar-refractivity contribution in [3.05, 3.63) is 60.2 Å². The normalized spacial score (nSPS) is 14.2. The molecular weight excluding hydrogens is 358 g/mol. The van der Waals surface area contributed by atoms with E-state index in [1.165, 1.54) is 6.20 Å². The fraction of sp³-hybridized carbons (Fsp3) is 0.300. The number of amides is 2. The number of imidazole rings is 1. The molecule has 1 saturated heterocycles. The summed E-state index contributed by atoms with van der Waals surface area (Å²) in [5.74, 6) is 0.428. The largest absolute Gasteiger partial charge is 0.378 e. The molecule has 0 radical (unpaired) electrons. The summed E-state index contributed by atoms with van der Waals surface area (Å²) in [7, 11) is 0. The molecule has 2 aromatic heterocycles. The molecule has 8 nitrogen and oxygen atoms in total. The fourth-order valence-electron chi connectivity index (χ4n) is 3.24. The molecule has 8 heteroatoms. The van der Waals surface area contributed by atoms with Gasteiger partial charge in [0.05, 0.1) is 36.4 Å². The number of rotatable bonds is 5. The number of benzene rings is 1. The van der Waals surface area contributed by atoms with Crippen LogP contribution in [0.1, 0.15) is 16.2 Å². The first-order valence-electron chi connectivity index (χ1n) is 9.20. The van der Waals surface area contributed by atoms with Crippen LogP contribution in [-0.2, 0) is 22.6 Å². The van der Waals surface area contributed by atoms with Crippen LogP contribution in [0.25, 0.3) is 11.0 Å². The molecule has 144 valence electrons. The standard InChI is InChI=1S/C20H21N5O3/c26-19(24-8-10-28-11-9-24)14-25-17-6-2-1-5-16(17)23-18(25)13-22-20(27)15-4-3-7-21-12-15/h1-7,12H,8-11,13-14H2,(H,22,27). The third-order valence-electron chi connectivity index (χ3n) is 4.72. The smallest absolute Gasteiger partial charge is 0.253 e. The maximum Gasteiger partial charge on any atom is 0.253 e. The van der Waals surface area contributed by atoms with Crippen LogP contribution in [0, 0.1) is 0 Å². The van der Waals surface area contributed by atoms with Crippen LogP contribution in [0.3, 0.4) is 0 Å². The van der Waals surface area contributed by atoms with E-state index in [9.17, 15) is 9.59 Å². The quantitative estimate of drug-likeness (QED) is 0.720. The summed E-state index contributed by atoms with van der Waals surface area (Å²) < 4.78 is 7.19. The summed E-state index contributed by atoms with van der Waals surface area (Å²) in [5, 5.41) is 2.86. The highest BCUT2D eigenvalue weighted by atomic mass is 16.5. The number of ether oxygens (including phenoxy) is 1. The first kappa shape index (κ1) is 18.1. The first-order chi connectivity index (χ1) is 13.7. The number of morpholine rings is 1. The van der Waals surface area contributed by atoms with Crippen LogP contribution in [0.15, 0.2) is 48.8 Å². The molecule has 4 rings (SSSR count). The lowest BCUT2D eigenvalue weighted by Crippen LogP contribution is -2.42. The van der Waals surface area contributed by atoms with Gasteiger partial charge in [0.15, 0.2) is 0 Å². The number of hydrogen-bond acceptors (Lipinski definition) is 5. The molecule has 28 heavy (non-hydrogen) atoms. The Labute approximate surface area is 162 Å². The molecule has 0 bridgehead atoms. The zero-order valence-corrected chi connectivity index (χ0v) is 15.4. The average molecular weight is 379 g/mol. The fourth-order valence-corrected chi connectivity index (χ4v) is 3.24. The molecule has 1 aromatic carbocycles. The van der Waals surface area contributed by atoms with E-state index in [4.69, 9.17) is 4.74 Å². The number of aromatic nitrogens is 3. The molecule has 1 aliphatic rings. The average Bonchev–Trinajstić information content (AvgIpc) is 3.10. The summed E-state index contributed by atoms with van der Waals surface area (Å²) in [6.45, 7) is 2.71. The van der Waals surface area contributed by atoms with E-state index in [1.807, 2.05) is 28.8 Å². The Balaban J connectivity index is 1.54. The van der Waals surface area contributed by atoms with E-state index in [0.717, 1.165) is 11.0 Å². The molecule has 0 saturated carbocycles. The third-order valence-corrected chi connectivity index (χ3v) is 4.72. The second kappa shape index (κ2) is 8.18. The summed E-state index contributed by atoms with van der Waals surface area (Å²) in [6, 6.07) is 11.1. The van der Waals surface area contributed by atoms with Crippen molar-refractivity contribution in [1.82, 2.24) is 24.8 Å². The lowest BCUT2D eigenvalue weighted by molar-refractivity contribution is -0.135. The lowest BCUT2D eigenvalue weighted by atomic mass is 10.3. The van der Waals surface area contributed by atoms with Gasteiger partial charge in [-0.1, -0.05) is 12.1 Å². The summed E-state index contributed by atoms with van der Waals surface area (Å²) in [6.07, 6.45) is 3.13. The Morgan fingerprint density at radius 1 is 1.11 bits per heavy atom. The molecule has 1 N–H and O–H groups in total. The van der Waals surface area contributed by atoms with Crippen molar-refractivity contribution in [2.75, 3.05) is 26.3 Å². The molecule has 3 aromatic rings. The number of nitrogens with zero attached hydrogens (tertiary/aromatic N) is 4. The molecule has 2 amide bonds. The van der Waals surface area contributed by atoms with Gasteiger partial charge in [0.2, 0.25) is 5.91 Å². The molecular formula is C20H21N5O3. The number of carbonyl (C=O) groups excluding carboxylic acids is 2. The zero-order chi connectivity index (χ0) is 19.3. The van der Waals surface area contributed by atoms with E-state index in [-0.39, 0.29) is 24.9 Å². The summed E-state index contributed by atoms with van der Waals surface area (Å²) >= 11 is 0. The van der Waals surface area contributed by atoms with Crippen molar-refractivity contribution in [2.24, 2.45) is 0 Å². The van der Waals surface area contributed by atoms with E-state index >= 15 is 0 Å². The highest BCUT2D eigenvalue weighted by molar-refractivity contribution is 5.93. The van der Waals surface area contributed by atoms with Gasteiger partial charge >= 0.3 is 0 Å². The summed E-state index contributed by atoms with van der Waals surface area (Å²) in [4.78, 5) is 35.5. The molecule has 0 spiro atoms. The number of hydrogen-bond donors (Lipinski definition) is 1. The minimum Gasteiger partial charge on any atom is -0.378 e. The van der Waals surface area contributed by atoms with Gasteiger partial charge in [0, 0.05) is 25.5 Å². The number of para-hydroxylation sites is 2. The topological polar surface area (TPSA) is 89.4 Å². The number of fused-ring (bicyclic) bond motifs is 1. The molecule has 0 atom stereocenters. The Hall–Kier alpha value is -3.26. The number of nitrogens with one attached hydrogen (secondary N) is 1. The van der Waals surface area contributed by atoms with Crippen molar-refractivity contribution < 1.29 is 14.3 Å². The van der Waals surface area contributed by atoms with Gasteiger partial charge in [-0.15, -0.1) is 0 Å². The highest BCUT2D eigenvalue weighted by Crippen LogP contribution is 2.17. The van der Waals surface area contributed by atoms with Crippen LogP contribution in [-0.4, -0.2) is 57.6 Å². The van der Waals surface area contributed by atoms with Crippen LogP contribution in [0.4, 0.5) is 0 Å². The van der Waals surface area contributed by atoms with E-state index in [0.29, 0.717) is 37.7 Å². The minimum absolute atomic E-state index is 0.0197. The van der Waals surface area contributed by atoms with Crippen LogP contribution >= 0.6 is 0 Å². The first-order valence-corrected chi connectivity index (χ1v) is 9.20. The van der Waals surface area contributed by atoms with Crippen LogP contribution in [0.2, 0.25) is 0 Å². The van der Waals surface area contributed by atoms with Gasteiger partial charge in [0.25, 0.3) is 5.91 Å². The van der Waals surface area contributed by atoms with Gasteiger partial charge in [-0.05, 0) is 24.3 Å². The van der Waals surface area contributed by atoms with Gasteiger partial charge in [-0.25, -0.2) is 4.98 Å². The lowest BCUT2D eigenvalue weighted by Gasteiger charge is -2.27. The summed E-state index contributed by atoms with van der Waals surface area (Å²) in [5.41, 5.74) is 2.15. The Morgan fingerprint density at radius 2 is 1.93 bits per heavy atom. The van der Waals surface area contributed by atoms with Gasteiger partial charge in [-0.2, -0.15) is 0 Å². The SMILES string of the molecule is O=C(NCc1nc2ccccc2n1CC(=O)N1CCOCC1)c1cccnc1. The number of carbonyl (C=O) groups is 2. The van der Waals surface area contributed by atoms with Crippen molar-refractivity contribution in [3.8, 4) is 0 Å². The zero-order valence-electron chi connectivity index (χ0n) is 15.4. The Morgan fingerprint density at radius 3 is 2.71 bits per heavy atom.